The molecule has 9 heteroatoms. The molecule has 0 saturated heterocycles. The number of rotatable bonds is 6. The molecule has 0 aliphatic carbocycles. The van der Waals surface area contributed by atoms with Crippen LogP contribution in [0.3, 0.4) is 0 Å². The second kappa shape index (κ2) is 8.20. The van der Waals surface area contributed by atoms with Crippen molar-refractivity contribution >= 4 is 45.6 Å². The van der Waals surface area contributed by atoms with Crippen LogP contribution in [0.5, 0.6) is 11.5 Å². The van der Waals surface area contributed by atoms with Crippen molar-refractivity contribution in [3.05, 3.63) is 47.5 Å². The van der Waals surface area contributed by atoms with Gasteiger partial charge in [-0.15, -0.1) is 0 Å². The van der Waals surface area contributed by atoms with Crippen molar-refractivity contribution in [3.8, 4) is 11.5 Å². The number of ether oxygens (including phenoxy) is 2. The first-order chi connectivity index (χ1) is 12.5. The molecule has 0 saturated carbocycles. The molecule has 0 radical (unpaired) electrons. The van der Waals surface area contributed by atoms with E-state index in [1.165, 1.54) is 0 Å². The maximum atomic E-state index is 12.0. The largest absolute Gasteiger partial charge is 0.454 e. The molecule has 3 rings (SSSR count). The number of benzene rings is 2. The SMILES string of the molecule is O=C(C[S@](=O)CC(=O)Nc1ccc2c(c1)OCO2)Nc1ccc(Cl)cc1. The van der Waals surface area contributed by atoms with Crippen LogP contribution >= 0.6 is 11.6 Å². The van der Waals surface area contributed by atoms with Crippen molar-refractivity contribution in [1.82, 2.24) is 0 Å². The number of hydrogen-bond donors (Lipinski definition) is 2. The van der Waals surface area contributed by atoms with Crippen LogP contribution in [0.15, 0.2) is 42.5 Å². The van der Waals surface area contributed by atoms with Gasteiger partial charge < -0.3 is 20.1 Å². The molecule has 0 aromatic heterocycles. The Balaban J connectivity index is 1.47. The molecule has 136 valence electrons. The fourth-order valence-corrected chi connectivity index (χ4v) is 3.20. The first-order valence-electron chi connectivity index (χ1n) is 7.59. The van der Waals surface area contributed by atoms with Gasteiger partial charge in [0.15, 0.2) is 11.5 Å². The van der Waals surface area contributed by atoms with E-state index in [1.54, 1.807) is 42.5 Å². The van der Waals surface area contributed by atoms with Gasteiger partial charge in [0.2, 0.25) is 18.6 Å². The third-order valence-electron chi connectivity index (χ3n) is 3.37. The number of amides is 2. The second-order valence-corrected chi connectivity index (χ2v) is 7.29. The molecule has 1 aliphatic heterocycles. The van der Waals surface area contributed by atoms with Gasteiger partial charge in [-0.2, -0.15) is 0 Å². The van der Waals surface area contributed by atoms with Gasteiger partial charge in [0.25, 0.3) is 0 Å². The number of halogens is 1. The zero-order valence-corrected chi connectivity index (χ0v) is 15.1. The van der Waals surface area contributed by atoms with E-state index in [0.717, 1.165) is 0 Å². The van der Waals surface area contributed by atoms with E-state index in [0.29, 0.717) is 27.9 Å². The van der Waals surface area contributed by atoms with Crippen molar-refractivity contribution in [3.63, 3.8) is 0 Å². The highest BCUT2D eigenvalue weighted by Gasteiger charge is 2.16. The molecule has 2 amide bonds. The van der Waals surface area contributed by atoms with Crippen LogP contribution in [0.25, 0.3) is 0 Å². The highest BCUT2D eigenvalue weighted by molar-refractivity contribution is 7.86. The van der Waals surface area contributed by atoms with E-state index in [4.69, 9.17) is 21.1 Å². The lowest BCUT2D eigenvalue weighted by Gasteiger charge is -2.07. The molecular weight excluding hydrogens is 380 g/mol. The van der Waals surface area contributed by atoms with E-state index < -0.39 is 22.6 Å². The smallest absolute Gasteiger partial charge is 0.237 e. The predicted octanol–water partition coefficient (Wildman–Crippen LogP) is 2.39. The first kappa shape index (κ1) is 18.2. The van der Waals surface area contributed by atoms with Crippen molar-refractivity contribution in [1.29, 1.82) is 0 Å². The summed E-state index contributed by atoms with van der Waals surface area (Å²) in [6, 6.07) is 11.5. The summed E-state index contributed by atoms with van der Waals surface area (Å²) in [5.41, 5.74) is 1.04. The third kappa shape index (κ3) is 4.96. The monoisotopic (exact) mass is 394 g/mol. The number of hydrogen-bond acceptors (Lipinski definition) is 5. The van der Waals surface area contributed by atoms with Gasteiger partial charge >= 0.3 is 0 Å². The molecule has 2 aromatic carbocycles. The van der Waals surface area contributed by atoms with Gasteiger partial charge in [-0.25, -0.2) is 0 Å². The highest BCUT2D eigenvalue weighted by atomic mass is 35.5. The molecule has 2 N–H and O–H groups in total. The summed E-state index contributed by atoms with van der Waals surface area (Å²) in [6.07, 6.45) is 0. The lowest BCUT2D eigenvalue weighted by molar-refractivity contribution is -0.114. The molecule has 26 heavy (non-hydrogen) atoms. The Bertz CT molecular complexity index is 857. The molecule has 1 heterocycles. The summed E-state index contributed by atoms with van der Waals surface area (Å²) in [6.45, 7) is 0.138. The summed E-state index contributed by atoms with van der Waals surface area (Å²) in [5, 5.41) is 5.76. The Morgan fingerprint density at radius 1 is 0.923 bits per heavy atom. The normalized spacial score (nSPS) is 13.1. The number of nitrogens with one attached hydrogen (secondary N) is 2. The Morgan fingerprint density at radius 2 is 1.50 bits per heavy atom. The molecule has 0 fully saturated rings. The van der Waals surface area contributed by atoms with E-state index in [9.17, 15) is 13.8 Å². The third-order valence-corrected chi connectivity index (χ3v) is 4.79. The first-order valence-corrected chi connectivity index (χ1v) is 9.46. The Morgan fingerprint density at radius 3 is 2.19 bits per heavy atom. The number of anilines is 2. The quantitative estimate of drug-likeness (QED) is 0.784. The zero-order valence-electron chi connectivity index (χ0n) is 13.5. The number of fused-ring (bicyclic) bond motifs is 1. The van der Waals surface area contributed by atoms with Crippen LogP contribution < -0.4 is 20.1 Å². The van der Waals surface area contributed by atoms with Gasteiger partial charge in [-0.05, 0) is 36.4 Å². The summed E-state index contributed by atoms with van der Waals surface area (Å²) >= 11 is 5.77. The summed E-state index contributed by atoms with van der Waals surface area (Å²) in [5.74, 6) is -0.334. The van der Waals surface area contributed by atoms with E-state index >= 15 is 0 Å². The van der Waals surface area contributed by atoms with Crippen molar-refractivity contribution in [2.24, 2.45) is 0 Å². The predicted molar refractivity (Wildman–Crippen MR) is 99.2 cm³/mol. The van der Waals surface area contributed by atoms with Crippen LogP contribution in [0, 0.1) is 0 Å². The summed E-state index contributed by atoms with van der Waals surface area (Å²) in [7, 11) is -1.64. The molecule has 7 nitrogen and oxygen atoms in total. The fraction of sp³-hybridized carbons (Fsp3) is 0.176. The molecule has 1 atom stereocenters. The maximum absolute atomic E-state index is 12.0. The van der Waals surface area contributed by atoms with Gasteiger partial charge in [-0.1, -0.05) is 11.6 Å². The topological polar surface area (TPSA) is 93.7 Å². The van der Waals surface area contributed by atoms with E-state index in [-0.39, 0.29) is 18.3 Å². The molecule has 0 bridgehead atoms. The van der Waals surface area contributed by atoms with Gasteiger partial charge in [0.1, 0.15) is 11.5 Å². The van der Waals surface area contributed by atoms with Crippen LogP contribution in [-0.2, 0) is 20.4 Å². The fourth-order valence-electron chi connectivity index (χ4n) is 2.25. The molecule has 2 aromatic rings. The summed E-state index contributed by atoms with van der Waals surface area (Å²) in [4.78, 5) is 23.9. The van der Waals surface area contributed by atoms with Crippen molar-refractivity contribution < 1.29 is 23.3 Å². The molecule has 0 unspecified atom stereocenters. The Labute approximate surface area is 157 Å². The van der Waals surface area contributed by atoms with E-state index in [1.807, 2.05) is 0 Å². The minimum Gasteiger partial charge on any atom is -0.454 e. The Kier molecular flexibility index (Phi) is 5.75. The second-order valence-electron chi connectivity index (χ2n) is 5.40. The lowest BCUT2D eigenvalue weighted by atomic mass is 10.3. The van der Waals surface area contributed by atoms with Crippen molar-refractivity contribution in [2.45, 2.75) is 0 Å². The van der Waals surface area contributed by atoms with Gasteiger partial charge in [-0.3, -0.25) is 13.8 Å². The van der Waals surface area contributed by atoms with Gasteiger partial charge in [0, 0.05) is 33.3 Å². The van der Waals surface area contributed by atoms with Crippen LogP contribution in [0.1, 0.15) is 0 Å². The number of carbonyl (C=O) groups is 2. The van der Waals surface area contributed by atoms with Crippen LogP contribution in [-0.4, -0.2) is 34.3 Å². The van der Waals surface area contributed by atoms with Crippen LogP contribution in [0.4, 0.5) is 11.4 Å². The van der Waals surface area contributed by atoms with Crippen molar-refractivity contribution in [2.75, 3.05) is 28.9 Å². The van der Waals surface area contributed by atoms with E-state index in [2.05, 4.69) is 10.6 Å². The van der Waals surface area contributed by atoms with Crippen LogP contribution in [0.2, 0.25) is 5.02 Å². The average Bonchev–Trinajstić information content (AvgIpc) is 3.04. The number of carbonyl (C=O) groups excluding carboxylic acids is 2. The average molecular weight is 395 g/mol. The minimum atomic E-state index is -1.64. The highest BCUT2D eigenvalue weighted by Crippen LogP contribution is 2.34. The zero-order chi connectivity index (χ0) is 18.5. The summed E-state index contributed by atoms with van der Waals surface area (Å²) < 4.78 is 22.4. The molecule has 0 spiro atoms. The minimum absolute atomic E-state index is 0.138. The molecule has 1 aliphatic rings. The van der Waals surface area contributed by atoms with Gasteiger partial charge in [0.05, 0.1) is 0 Å². The standard InChI is InChI=1S/C17H15ClN2O5S/c18-11-1-3-12(4-2-11)19-16(21)8-26(23)9-17(22)20-13-5-6-14-15(7-13)25-10-24-14/h1-7H,8-10H2,(H,19,21)(H,20,22)/t26-/m0/s1. The lowest BCUT2D eigenvalue weighted by Crippen LogP contribution is -2.26. The maximum Gasteiger partial charge on any atom is 0.237 e. The Hall–Kier alpha value is -2.58. The molecular formula is C17H15ClN2O5S.